The van der Waals surface area contributed by atoms with Crippen LogP contribution < -0.4 is 5.32 Å². The van der Waals surface area contributed by atoms with Crippen molar-refractivity contribution in [2.24, 2.45) is 5.92 Å². The number of carbonyl (C=O) groups is 1. The van der Waals surface area contributed by atoms with E-state index in [1.807, 2.05) is 13.8 Å². The lowest BCUT2D eigenvalue weighted by molar-refractivity contribution is -0.123. The fourth-order valence-electron chi connectivity index (χ4n) is 1.88. The number of hydrogen-bond acceptors (Lipinski definition) is 2. The van der Waals surface area contributed by atoms with Crippen LogP contribution in [0.5, 0.6) is 0 Å². The van der Waals surface area contributed by atoms with E-state index in [0.717, 1.165) is 13.0 Å². The van der Waals surface area contributed by atoms with Crippen LogP contribution >= 0.6 is 0 Å². The zero-order valence-electron chi connectivity index (χ0n) is 10.1. The number of carbonyl (C=O) groups excluding carboxylic acids is 1. The van der Waals surface area contributed by atoms with Crippen molar-refractivity contribution in [3.05, 3.63) is 0 Å². The summed E-state index contributed by atoms with van der Waals surface area (Å²) in [6, 6.07) is 0. The molecule has 3 nitrogen and oxygen atoms in total. The Hall–Kier alpha value is -0.570. The van der Waals surface area contributed by atoms with E-state index in [4.69, 9.17) is 0 Å². The van der Waals surface area contributed by atoms with Gasteiger partial charge in [0.1, 0.15) is 0 Å². The summed E-state index contributed by atoms with van der Waals surface area (Å²) in [7, 11) is 0. The van der Waals surface area contributed by atoms with Crippen LogP contribution in [0.2, 0.25) is 0 Å². The summed E-state index contributed by atoms with van der Waals surface area (Å²) in [5.41, 5.74) is 0. The molecule has 0 unspecified atom stereocenters. The van der Waals surface area contributed by atoms with Crippen LogP contribution in [0.15, 0.2) is 0 Å². The van der Waals surface area contributed by atoms with Gasteiger partial charge in [0, 0.05) is 12.5 Å². The number of likely N-dealkylation sites (tertiary alicyclic amines) is 1. The van der Waals surface area contributed by atoms with Crippen molar-refractivity contribution in [1.29, 1.82) is 0 Å². The molecule has 0 bridgehead atoms. The minimum absolute atomic E-state index is 0.114. The zero-order valence-corrected chi connectivity index (χ0v) is 10.1. The first-order valence-corrected chi connectivity index (χ1v) is 6.20. The maximum absolute atomic E-state index is 11.2. The quantitative estimate of drug-likeness (QED) is 0.679. The van der Waals surface area contributed by atoms with Crippen LogP contribution in [0.3, 0.4) is 0 Å². The third-order valence-electron chi connectivity index (χ3n) is 2.92. The van der Waals surface area contributed by atoms with E-state index < -0.39 is 0 Å². The fourth-order valence-corrected chi connectivity index (χ4v) is 1.88. The molecule has 0 atom stereocenters. The van der Waals surface area contributed by atoms with Gasteiger partial charge >= 0.3 is 0 Å². The van der Waals surface area contributed by atoms with Gasteiger partial charge in [-0.15, -0.1) is 0 Å². The highest BCUT2D eigenvalue weighted by Gasteiger charge is 2.10. The molecule has 1 aliphatic heterocycles. The second kappa shape index (κ2) is 6.83. The van der Waals surface area contributed by atoms with Gasteiger partial charge in [-0.2, -0.15) is 0 Å². The molecule has 15 heavy (non-hydrogen) atoms. The Balaban J connectivity index is 1.90. The Labute approximate surface area is 93.2 Å². The summed E-state index contributed by atoms with van der Waals surface area (Å²) >= 11 is 0. The second-order valence-electron chi connectivity index (χ2n) is 4.70. The van der Waals surface area contributed by atoms with E-state index in [2.05, 4.69) is 10.2 Å². The van der Waals surface area contributed by atoms with Crippen molar-refractivity contribution in [3.63, 3.8) is 0 Å². The molecule has 1 N–H and O–H groups in total. The first-order valence-electron chi connectivity index (χ1n) is 6.20. The minimum atomic E-state index is 0.114. The van der Waals surface area contributed by atoms with Crippen LogP contribution in [0, 0.1) is 5.92 Å². The lowest BCUT2D eigenvalue weighted by Crippen LogP contribution is -2.29. The SMILES string of the molecule is CC(C)C(=O)NCCCCN1CCCC1. The molecule has 1 heterocycles. The summed E-state index contributed by atoms with van der Waals surface area (Å²) in [5.74, 6) is 0.291. The molecule has 0 aromatic carbocycles. The van der Waals surface area contributed by atoms with Gasteiger partial charge in [-0.25, -0.2) is 0 Å². The topological polar surface area (TPSA) is 32.3 Å². The van der Waals surface area contributed by atoms with E-state index in [9.17, 15) is 4.79 Å². The lowest BCUT2D eigenvalue weighted by atomic mass is 10.2. The first kappa shape index (κ1) is 12.5. The Morgan fingerprint density at radius 3 is 2.53 bits per heavy atom. The number of nitrogens with one attached hydrogen (secondary N) is 1. The number of hydrogen-bond donors (Lipinski definition) is 1. The molecule has 0 aromatic rings. The van der Waals surface area contributed by atoms with Gasteiger partial charge < -0.3 is 10.2 Å². The van der Waals surface area contributed by atoms with Crippen molar-refractivity contribution in [1.82, 2.24) is 10.2 Å². The van der Waals surface area contributed by atoms with Gasteiger partial charge in [-0.3, -0.25) is 4.79 Å². The average molecular weight is 212 g/mol. The van der Waals surface area contributed by atoms with Crippen molar-refractivity contribution in [3.8, 4) is 0 Å². The van der Waals surface area contributed by atoms with Gasteiger partial charge in [0.05, 0.1) is 0 Å². The molecule has 3 heteroatoms. The van der Waals surface area contributed by atoms with Gasteiger partial charge in [0.2, 0.25) is 5.91 Å². The Bertz CT molecular complexity index is 186. The Morgan fingerprint density at radius 2 is 1.93 bits per heavy atom. The van der Waals surface area contributed by atoms with Gasteiger partial charge in [-0.1, -0.05) is 13.8 Å². The third kappa shape index (κ3) is 5.17. The second-order valence-corrected chi connectivity index (χ2v) is 4.70. The standard InChI is InChI=1S/C12H24N2O/c1-11(2)12(15)13-7-3-4-8-14-9-5-6-10-14/h11H,3-10H2,1-2H3,(H,13,15). The zero-order chi connectivity index (χ0) is 11.1. The van der Waals surface area contributed by atoms with Gasteiger partial charge in [0.15, 0.2) is 0 Å². The predicted molar refractivity (Wildman–Crippen MR) is 62.8 cm³/mol. The monoisotopic (exact) mass is 212 g/mol. The lowest BCUT2D eigenvalue weighted by Gasteiger charge is -2.14. The van der Waals surface area contributed by atoms with E-state index in [1.165, 1.54) is 38.9 Å². The van der Waals surface area contributed by atoms with Crippen molar-refractivity contribution < 1.29 is 4.79 Å². The van der Waals surface area contributed by atoms with E-state index in [-0.39, 0.29) is 11.8 Å². The maximum atomic E-state index is 11.2. The molecule has 0 radical (unpaired) electrons. The van der Waals surface area contributed by atoms with Crippen LogP contribution in [0.4, 0.5) is 0 Å². The molecule has 1 rings (SSSR count). The number of amides is 1. The van der Waals surface area contributed by atoms with Gasteiger partial charge in [0.25, 0.3) is 0 Å². The molecule has 88 valence electrons. The number of unbranched alkanes of at least 4 members (excludes halogenated alkanes) is 1. The minimum Gasteiger partial charge on any atom is -0.356 e. The van der Waals surface area contributed by atoms with Gasteiger partial charge in [-0.05, 0) is 45.3 Å². The molecule has 0 aliphatic carbocycles. The van der Waals surface area contributed by atoms with E-state index in [0.29, 0.717) is 0 Å². The summed E-state index contributed by atoms with van der Waals surface area (Å²) < 4.78 is 0. The molecular formula is C12H24N2O. The molecular weight excluding hydrogens is 188 g/mol. The third-order valence-corrected chi connectivity index (χ3v) is 2.92. The molecule has 0 saturated carbocycles. The highest BCUT2D eigenvalue weighted by atomic mass is 16.1. The van der Waals surface area contributed by atoms with E-state index in [1.54, 1.807) is 0 Å². The smallest absolute Gasteiger partial charge is 0.222 e. The molecule has 0 spiro atoms. The number of rotatable bonds is 6. The maximum Gasteiger partial charge on any atom is 0.222 e. The first-order chi connectivity index (χ1) is 7.20. The molecule has 1 saturated heterocycles. The molecule has 1 amide bonds. The van der Waals surface area contributed by atoms with Crippen molar-refractivity contribution in [2.45, 2.75) is 39.5 Å². The van der Waals surface area contributed by atoms with Crippen LogP contribution in [-0.2, 0) is 4.79 Å². The fraction of sp³-hybridized carbons (Fsp3) is 0.917. The Morgan fingerprint density at radius 1 is 1.27 bits per heavy atom. The summed E-state index contributed by atoms with van der Waals surface area (Å²) in [6.45, 7) is 8.46. The molecule has 1 fully saturated rings. The highest BCUT2D eigenvalue weighted by molar-refractivity contribution is 5.77. The summed E-state index contributed by atoms with van der Waals surface area (Å²) in [5, 5.41) is 2.95. The molecule has 0 aromatic heterocycles. The predicted octanol–water partition coefficient (Wildman–Crippen LogP) is 1.63. The summed E-state index contributed by atoms with van der Waals surface area (Å²) in [6.07, 6.45) is 5.04. The Kier molecular flexibility index (Phi) is 5.69. The molecule has 1 aliphatic rings. The highest BCUT2D eigenvalue weighted by Crippen LogP contribution is 2.07. The normalized spacial score (nSPS) is 17.3. The van der Waals surface area contributed by atoms with E-state index >= 15 is 0 Å². The van der Waals surface area contributed by atoms with Crippen LogP contribution in [0.25, 0.3) is 0 Å². The number of nitrogens with zero attached hydrogens (tertiary/aromatic N) is 1. The van der Waals surface area contributed by atoms with Crippen molar-refractivity contribution in [2.75, 3.05) is 26.2 Å². The average Bonchev–Trinajstić information content (AvgIpc) is 2.69. The largest absolute Gasteiger partial charge is 0.356 e. The van der Waals surface area contributed by atoms with Crippen LogP contribution in [0.1, 0.15) is 39.5 Å². The van der Waals surface area contributed by atoms with Crippen LogP contribution in [-0.4, -0.2) is 37.0 Å². The summed E-state index contributed by atoms with van der Waals surface area (Å²) in [4.78, 5) is 13.8. The van der Waals surface area contributed by atoms with Crippen molar-refractivity contribution >= 4 is 5.91 Å².